The maximum absolute atomic E-state index is 12.2. The Hall–Kier alpha value is -2.40. The van der Waals surface area contributed by atoms with Crippen LogP contribution in [0.1, 0.15) is 15.9 Å². The van der Waals surface area contributed by atoms with Crippen LogP contribution in [-0.4, -0.2) is 17.8 Å². The zero-order valence-corrected chi connectivity index (χ0v) is 11.3. The van der Waals surface area contributed by atoms with Crippen molar-refractivity contribution < 1.29 is 14.5 Å². The van der Waals surface area contributed by atoms with Crippen molar-refractivity contribution in [1.29, 1.82) is 0 Å². The van der Waals surface area contributed by atoms with Gasteiger partial charge in [0.15, 0.2) is 5.78 Å². The van der Waals surface area contributed by atoms with E-state index in [-0.39, 0.29) is 11.5 Å². The van der Waals surface area contributed by atoms with Gasteiger partial charge in [0.1, 0.15) is 5.75 Å². The first-order valence-electron chi connectivity index (χ1n) is 5.65. The second-order valence-electron chi connectivity index (χ2n) is 3.98. The molecule has 0 radical (unpaired) electrons. The van der Waals surface area contributed by atoms with Crippen LogP contribution in [0.4, 0.5) is 5.69 Å². The van der Waals surface area contributed by atoms with Gasteiger partial charge in [0, 0.05) is 23.3 Å². The van der Waals surface area contributed by atoms with Gasteiger partial charge < -0.3 is 4.74 Å². The van der Waals surface area contributed by atoms with Crippen molar-refractivity contribution in [2.75, 3.05) is 7.11 Å². The van der Waals surface area contributed by atoms with Crippen LogP contribution in [0.2, 0.25) is 5.02 Å². The molecule has 0 aliphatic rings. The number of ketones is 1. The average molecular weight is 292 g/mol. The average Bonchev–Trinajstić information content (AvgIpc) is 2.46. The number of methoxy groups -OCH3 is 1. The first kappa shape index (κ1) is 14.0. The van der Waals surface area contributed by atoms with Gasteiger partial charge in [0.25, 0.3) is 5.69 Å². The zero-order valence-electron chi connectivity index (χ0n) is 10.5. The number of rotatable bonds is 4. The molecule has 0 saturated carbocycles. The summed E-state index contributed by atoms with van der Waals surface area (Å²) in [4.78, 5) is 22.3. The van der Waals surface area contributed by atoms with Crippen molar-refractivity contribution in [1.82, 2.24) is 0 Å². The van der Waals surface area contributed by atoms with E-state index >= 15 is 0 Å². The normalized spacial score (nSPS) is 10.1. The lowest BCUT2D eigenvalue weighted by Crippen LogP contribution is -2.01. The van der Waals surface area contributed by atoms with E-state index in [9.17, 15) is 14.9 Å². The fourth-order valence-electron chi connectivity index (χ4n) is 1.71. The Bertz CT molecular complexity index is 667. The molecule has 0 spiro atoms. The van der Waals surface area contributed by atoms with E-state index in [1.54, 1.807) is 12.1 Å². The number of carbonyl (C=O) groups excluding carboxylic acids is 1. The van der Waals surface area contributed by atoms with Crippen molar-refractivity contribution in [3.8, 4) is 5.75 Å². The molecule has 0 aromatic heterocycles. The Morgan fingerprint density at radius 1 is 1.15 bits per heavy atom. The monoisotopic (exact) mass is 291 g/mol. The molecule has 2 rings (SSSR count). The second kappa shape index (κ2) is 5.71. The molecule has 0 amide bonds. The SMILES string of the molecule is COc1ccc(C(=O)c2ccc([N+](=O)[O-])cc2)cc1Cl. The molecule has 0 aliphatic carbocycles. The number of nitro benzene ring substituents is 1. The Morgan fingerprint density at radius 2 is 1.75 bits per heavy atom. The van der Waals surface area contributed by atoms with Crippen LogP contribution >= 0.6 is 11.6 Å². The minimum Gasteiger partial charge on any atom is -0.495 e. The molecule has 6 heteroatoms. The van der Waals surface area contributed by atoms with Gasteiger partial charge in [-0.25, -0.2) is 0 Å². The summed E-state index contributed by atoms with van der Waals surface area (Å²) in [5.41, 5.74) is 0.691. The summed E-state index contributed by atoms with van der Waals surface area (Å²) < 4.78 is 5.01. The number of benzene rings is 2. The lowest BCUT2D eigenvalue weighted by atomic mass is 10.0. The van der Waals surface area contributed by atoms with Gasteiger partial charge in [-0.05, 0) is 30.3 Å². The number of hydrogen-bond acceptors (Lipinski definition) is 4. The zero-order chi connectivity index (χ0) is 14.7. The van der Waals surface area contributed by atoms with Gasteiger partial charge in [-0.1, -0.05) is 11.6 Å². The van der Waals surface area contributed by atoms with E-state index in [0.29, 0.717) is 21.9 Å². The predicted molar refractivity (Wildman–Crippen MR) is 74.5 cm³/mol. The molecule has 0 heterocycles. The van der Waals surface area contributed by atoms with Crippen molar-refractivity contribution in [2.45, 2.75) is 0 Å². The minimum absolute atomic E-state index is 0.0608. The molecule has 2 aromatic rings. The smallest absolute Gasteiger partial charge is 0.269 e. The molecular formula is C14H10ClNO4. The van der Waals surface area contributed by atoms with Crippen LogP contribution in [0.25, 0.3) is 0 Å². The van der Waals surface area contributed by atoms with E-state index in [4.69, 9.17) is 16.3 Å². The fraction of sp³-hybridized carbons (Fsp3) is 0.0714. The van der Waals surface area contributed by atoms with Crippen LogP contribution in [0.5, 0.6) is 5.75 Å². The number of nitrogens with zero attached hydrogens (tertiary/aromatic N) is 1. The summed E-state index contributed by atoms with van der Waals surface area (Å²) >= 11 is 5.96. The molecule has 0 unspecified atom stereocenters. The maximum Gasteiger partial charge on any atom is 0.269 e. The van der Waals surface area contributed by atoms with Crippen molar-refractivity contribution in [3.05, 3.63) is 68.7 Å². The van der Waals surface area contributed by atoms with E-state index in [0.717, 1.165) is 0 Å². The van der Waals surface area contributed by atoms with Crippen LogP contribution in [0.3, 0.4) is 0 Å². The highest BCUT2D eigenvalue weighted by atomic mass is 35.5. The van der Waals surface area contributed by atoms with Crippen LogP contribution < -0.4 is 4.74 Å². The Balaban J connectivity index is 2.31. The molecule has 20 heavy (non-hydrogen) atoms. The third kappa shape index (κ3) is 2.78. The first-order valence-corrected chi connectivity index (χ1v) is 6.03. The molecule has 5 nitrogen and oxygen atoms in total. The summed E-state index contributed by atoms with van der Waals surface area (Å²) in [6.45, 7) is 0. The second-order valence-corrected chi connectivity index (χ2v) is 4.39. The van der Waals surface area contributed by atoms with Crippen LogP contribution in [0, 0.1) is 10.1 Å². The van der Waals surface area contributed by atoms with Gasteiger partial charge in [-0.2, -0.15) is 0 Å². The minimum atomic E-state index is -0.515. The van der Waals surface area contributed by atoms with E-state index in [1.165, 1.54) is 37.4 Å². The summed E-state index contributed by atoms with van der Waals surface area (Å²) in [6.07, 6.45) is 0. The number of halogens is 1. The summed E-state index contributed by atoms with van der Waals surface area (Å²) in [5.74, 6) is 0.219. The maximum atomic E-state index is 12.2. The lowest BCUT2D eigenvalue weighted by Gasteiger charge is -2.05. The van der Waals surface area contributed by atoms with Crippen molar-refractivity contribution in [3.63, 3.8) is 0 Å². The molecule has 0 N–H and O–H groups in total. The van der Waals surface area contributed by atoms with Crippen LogP contribution in [0.15, 0.2) is 42.5 Å². The molecule has 0 fully saturated rings. The molecule has 2 aromatic carbocycles. The number of hydrogen-bond donors (Lipinski definition) is 0. The van der Waals surface area contributed by atoms with Gasteiger partial charge >= 0.3 is 0 Å². The first-order chi connectivity index (χ1) is 9.52. The fourth-order valence-corrected chi connectivity index (χ4v) is 1.97. The highest BCUT2D eigenvalue weighted by Crippen LogP contribution is 2.26. The highest BCUT2D eigenvalue weighted by Gasteiger charge is 2.13. The van der Waals surface area contributed by atoms with Gasteiger partial charge in [0.05, 0.1) is 17.1 Å². The number of ether oxygens (including phenoxy) is 1. The largest absolute Gasteiger partial charge is 0.495 e. The van der Waals surface area contributed by atoms with Crippen molar-refractivity contribution >= 4 is 23.1 Å². The predicted octanol–water partition coefficient (Wildman–Crippen LogP) is 3.49. The van der Waals surface area contributed by atoms with E-state index < -0.39 is 4.92 Å². The van der Waals surface area contributed by atoms with E-state index in [2.05, 4.69) is 0 Å². The van der Waals surface area contributed by atoms with Crippen molar-refractivity contribution in [2.24, 2.45) is 0 Å². The quantitative estimate of drug-likeness (QED) is 0.491. The molecule has 0 atom stereocenters. The van der Waals surface area contributed by atoms with Gasteiger partial charge in [0.2, 0.25) is 0 Å². The summed E-state index contributed by atoms with van der Waals surface area (Å²) in [7, 11) is 1.49. The summed E-state index contributed by atoms with van der Waals surface area (Å²) in [5, 5.41) is 10.9. The summed E-state index contributed by atoms with van der Waals surface area (Å²) in [6, 6.07) is 10.1. The Morgan fingerprint density at radius 3 is 2.25 bits per heavy atom. The third-order valence-corrected chi connectivity index (χ3v) is 3.05. The van der Waals surface area contributed by atoms with E-state index in [1.807, 2.05) is 0 Å². The molecule has 102 valence electrons. The number of carbonyl (C=O) groups is 1. The lowest BCUT2D eigenvalue weighted by molar-refractivity contribution is -0.384. The molecule has 0 bridgehead atoms. The van der Waals surface area contributed by atoms with Crippen LogP contribution in [-0.2, 0) is 0 Å². The molecule has 0 aliphatic heterocycles. The van der Waals surface area contributed by atoms with Gasteiger partial charge in [-0.3, -0.25) is 14.9 Å². The highest BCUT2D eigenvalue weighted by molar-refractivity contribution is 6.32. The molecule has 0 saturated heterocycles. The number of non-ortho nitro benzene ring substituents is 1. The van der Waals surface area contributed by atoms with Gasteiger partial charge in [-0.15, -0.1) is 0 Å². The number of nitro groups is 1. The third-order valence-electron chi connectivity index (χ3n) is 2.75. The Labute approximate surface area is 119 Å². The molecular weight excluding hydrogens is 282 g/mol. The topological polar surface area (TPSA) is 69.4 Å². The standard InChI is InChI=1S/C14H10ClNO4/c1-20-13-7-4-10(8-12(13)15)14(17)9-2-5-11(6-3-9)16(18)19/h2-8H,1H3. The Kier molecular flexibility index (Phi) is 4.00.